The maximum atomic E-state index is 12.1. The Hall–Kier alpha value is -2.28. The lowest BCUT2D eigenvalue weighted by Crippen LogP contribution is -2.50. The van der Waals surface area contributed by atoms with Gasteiger partial charge in [0, 0.05) is 18.0 Å². The van der Waals surface area contributed by atoms with Gasteiger partial charge in [-0.05, 0) is 43.0 Å². The summed E-state index contributed by atoms with van der Waals surface area (Å²) in [5.41, 5.74) is 7.64. The van der Waals surface area contributed by atoms with Crippen molar-refractivity contribution in [3.63, 3.8) is 0 Å². The summed E-state index contributed by atoms with van der Waals surface area (Å²) in [4.78, 5) is 25.2. The van der Waals surface area contributed by atoms with Gasteiger partial charge in [-0.1, -0.05) is 12.8 Å². The minimum atomic E-state index is -0.810. The largest absolute Gasteiger partial charge is 0.486 e. The Bertz CT molecular complexity index is 743. The number of nitrogens with zero attached hydrogens (tertiary/aromatic N) is 1. The fourth-order valence-corrected chi connectivity index (χ4v) is 4.75. The van der Waals surface area contributed by atoms with Gasteiger partial charge in [0.2, 0.25) is 5.91 Å². The molecule has 140 valence electrons. The topological polar surface area (TPSA) is 93.9 Å². The normalized spacial score (nSPS) is 23.5. The first-order chi connectivity index (χ1) is 12.5. The Morgan fingerprint density at radius 2 is 1.88 bits per heavy atom. The highest BCUT2D eigenvalue weighted by Gasteiger charge is 2.45. The summed E-state index contributed by atoms with van der Waals surface area (Å²) in [6, 6.07) is 3.47. The van der Waals surface area contributed by atoms with Crippen LogP contribution in [0.3, 0.4) is 0 Å². The fraction of sp³-hybridized carbons (Fsp3) is 0.579. The molecule has 0 radical (unpaired) electrons. The van der Waals surface area contributed by atoms with Gasteiger partial charge in [0.1, 0.15) is 13.2 Å². The molecule has 0 bridgehead atoms. The van der Waals surface area contributed by atoms with Crippen LogP contribution < -0.4 is 20.5 Å². The lowest BCUT2D eigenvalue weighted by Gasteiger charge is -2.46. The number of hydrogen-bond donors (Lipinski definition) is 2. The van der Waals surface area contributed by atoms with Crippen LogP contribution in [0, 0.1) is 0 Å². The number of ether oxygens (including phenoxy) is 2. The Morgan fingerprint density at radius 1 is 1.23 bits per heavy atom. The van der Waals surface area contributed by atoms with E-state index in [1.165, 1.54) is 24.0 Å². The second-order valence-corrected chi connectivity index (χ2v) is 7.56. The van der Waals surface area contributed by atoms with Gasteiger partial charge in [-0.25, -0.2) is 4.79 Å². The van der Waals surface area contributed by atoms with E-state index in [2.05, 4.69) is 29.3 Å². The van der Waals surface area contributed by atoms with Crippen molar-refractivity contribution >= 4 is 11.9 Å². The number of rotatable bonds is 2. The van der Waals surface area contributed by atoms with E-state index in [0.29, 0.717) is 13.2 Å². The predicted molar refractivity (Wildman–Crippen MR) is 95.3 cm³/mol. The van der Waals surface area contributed by atoms with Gasteiger partial charge in [-0.2, -0.15) is 0 Å². The Labute approximate surface area is 152 Å². The summed E-state index contributed by atoms with van der Waals surface area (Å²) < 4.78 is 11.6. The molecule has 1 fully saturated rings. The highest BCUT2D eigenvalue weighted by Crippen LogP contribution is 2.51. The molecule has 3 amide bonds. The lowest BCUT2D eigenvalue weighted by molar-refractivity contribution is -0.122. The van der Waals surface area contributed by atoms with Crippen LogP contribution in [0.4, 0.5) is 4.79 Å². The molecule has 2 aliphatic heterocycles. The van der Waals surface area contributed by atoms with Crippen LogP contribution in [-0.2, 0) is 10.2 Å². The van der Waals surface area contributed by atoms with Crippen LogP contribution in [-0.4, -0.2) is 43.1 Å². The van der Waals surface area contributed by atoms with Crippen molar-refractivity contribution in [2.45, 2.75) is 44.1 Å². The van der Waals surface area contributed by atoms with Crippen LogP contribution in [0.1, 0.15) is 49.8 Å². The third-order valence-corrected chi connectivity index (χ3v) is 5.96. The van der Waals surface area contributed by atoms with Crippen LogP contribution in [0.5, 0.6) is 11.5 Å². The predicted octanol–water partition coefficient (Wildman–Crippen LogP) is 1.84. The SMILES string of the molecule is CC1c2cc3c(cc2C2(CCCC2)CN1CC(=O)NC(N)=O)OCCO3. The monoisotopic (exact) mass is 359 g/mol. The second-order valence-electron chi connectivity index (χ2n) is 7.56. The molecule has 1 aromatic rings. The summed E-state index contributed by atoms with van der Waals surface area (Å²) in [5.74, 6) is 1.24. The summed E-state index contributed by atoms with van der Waals surface area (Å²) in [7, 11) is 0. The number of amides is 3. The van der Waals surface area contributed by atoms with E-state index in [1.54, 1.807) is 0 Å². The average molecular weight is 359 g/mol. The molecular weight excluding hydrogens is 334 g/mol. The van der Waals surface area contributed by atoms with E-state index in [1.807, 2.05) is 0 Å². The number of urea groups is 1. The second kappa shape index (κ2) is 6.46. The standard InChI is InChI=1S/C19H25N3O4/c1-12-13-8-15-16(26-7-6-25-15)9-14(13)19(4-2-3-5-19)11-22(12)10-17(23)21-18(20)24/h8-9,12H,2-7,10-11H2,1H3,(H3,20,21,23,24). The van der Waals surface area contributed by atoms with Gasteiger partial charge >= 0.3 is 6.03 Å². The van der Waals surface area contributed by atoms with E-state index < -0.39 is 6.03 Å². The Kier molecular flexibility index (Phi) is 4.26. The zero-order chi connectivity index (χ0) is 18.3. The molecule has 0 saturated heterocycles. The molecule has 3 N–H and O–H groups in total. The summed E-state index contributed by atoms with van der Waals surface area (Å²) >= 11 is 0. The first-order valence-corrected chi connectivity index (χ1v) is 9.26. The number of fused-ring (bicyclic) bond motifs is 3. The number of nitrogens with two attached hydrogens (primary N) is 1. The van der Waals surface area contributed by atoms with E-state index in [4.69, 9.17) is 15.2 Å². The molecule has 3 aliphatic rings. The maximum Gasteiger partial charge on any atom is 0.318 e. The molecule has 26 heavy (non-hydrogen) atoms. The molecule has 1 atom stereocenters. The molecule has 7 nitrogen and oxygen atoms in total. The highest BCUT2D eigenvalue weighted by atomic mass is 16.6. The fourth-order valence-electron chi connectivity index (χ4n) is 4.75. The van der Waals surface area contributed by atoms with E-state index in [0.717, 1.165) is 30.9 Å². The molecule has 1 spiro atoms. The van der Waals surface area contributed by atoms with Gasteiger partial charge in [0.15, 0.2) is 11.5 Å². The van der Waals surface area contributed by atoms with Gasteiger partial charge in [-0.15, -0.1) is 0 Å². The smallest absolute Gasteiger partial charge is 0.318 e. The van der Waals surface area contributed by atoms with E-state index >= 15 is 0 Å². The maximum absolute atomic E-state index is 12.1. The van der Waals surface area contributed by atoms with Crippen molar-refractivity contribution in [2.75, 3.05) is 26.3 Å². The van der Waals surface area contributed by atoms with Crippen molar-refractivity contribution in [2.24, 2.45) is 5.73 Å². The molecule has 1 aliphatic carbocycles. The number of benzene rings is 1. The molecule has 2 heterocycles. The van der Waals surface area contributed by atoms with Crippen molar-refractivity contribution in [1.29, 1.82) is 0 Å². The first-order valence-electron chi connectivity index (χ1n) is 9.26. The molecule has 1 unspecified atom stereocenters. The zero-order valence-electron chi connectivity index (χ0n) is 15.0. The average Bonchev–Trinajstić information content (AvgIpc) is 3.07. The zero-order valence-corrected chi connectivity index (χ0v) is 15.0. The number of carbonyl (C=O) groups is 2. The van der Waals surface area contributed by atoms with Gasteiger partial charge in [0.05, 0.1) is 6.54 Å². The van der Waals surface area contributed by atoms with Crippen LogP contribution in [0.25, 0.3) is 0 Å². The Morgan fingerprint density at radius 3 is 2.54 bits per heavy atom. The number of primary amides is 1. The van der Waals surface area contributed by atoms with Crippen molar-refractivity contribution < 1.29 is 19.1 Å². The molecule has 0 aromatic heterocycles. The van der Waals surface area contributed by atoms with E-state index in [-0.39, 0.29) is 23.9 Å². The lowest BCUT2D eigenvalue weighted by atomic mass is 9.71. The third kappa shape index (κ3) is 2.90. The molecule has 1 saturated carbocycles. The number of hydrogen-bond acceptors (Lipinski definition) is 5. The first kappa shape index (κ1) is 17.1. The summed E-state index contributed by atoms with van der Waals surface area (Å²) in [5, 5.41) is 2.18. The third-order valence-electron chi connectivity index (χ3n) is 5.96. The van der Waals surface area contributed by atoms with Crippen LogP contribution in [0.2, 0.25) is 0 Å². The molecule has 1 aromatic carbocycles. The highest BCUT2D eigenvalue weighted by molar-refractivity contribution is 5.94. The summed E-state index contributed by atoms with van der Waals surface area (Å²) in [6.45, 7) is 4.17. The molecular formula is C19H25N3O4. The van der Waals surface area contributed by atoms with Crippen molar-refractivity contribution in [1.82, 2.24) is 10.2 Å². The Balaban J connectivity index is 1.70. The van der Waals surface area contributed by atoms with Gasteiger partial charge < -0.3 is 15.2 Å². The molecule has 7 heteroatoms. The summed E-state index contributed by atoms with van der Waals surface area (Å²) in [6.07, 6.45) is 4.56. The van der Waals surface area contributed by atoms with Crippen LogP contribution >= 0.6 is 0 Å². The van der Waals surface area contributed by atoms with Crippen molar-refractivity contribution in [3.8, 4) is 11.5 Å². The number of nitrogens with one attached hydrogen (secondary N) is 1. The number of imide groups is 1. The van der Waals surface area contributed by atoms with Crippen molar-refractivity contribution in [3.05, 3.63) is 23.3 Å². The molecule has 4 rings (SSSR count). The van der Waals surface area contributed by atoms with Crippen LogP contribution in [0.15, 0.2) is 12.1 Å². The minimum absolute atomic E-state index is 0.0324. The quantitative estimate of drug-likeness (QED) is 0.840. The van der Waals surface area contributed by atoms with Gasteiger partial charge in [-0.3, -0.25) is 15.0 Å². The van der Waals surface area contributed by atoms with Gasteiger partial charge in [0.25, 0.3) is 0 Å². The van der Waals surface area contributed by atoms with E-state index in [9.17, 15) is 9.59 Å². The number of carbonyl (C=O) groups excluding carboxylic acids is 2. The minimum Gasteiger partial charge on any atom is -0.486 e.